The Morgan fingerprint density at radius 1 is 0.941 bits per heavy atom. The highest BCUT2D eigenvalue weighted by atomic mass is 14.9. The van der Waals surface area contributed by atoms with Crippen LogP contribution in [0.1, 0.15) is 54.0 Å². The molecule has 0 aliphatic carbocycles. The summed E-state index contributed by atoms with van der Waals surface area (Å²) < 4.78 is 0. The van der Waals surface area contributed by atoms with Crippen molar-refractivity contribution in [3.8, 4) is 0 Å². The molecule has 1 N–H and O–H groups in total. The number of hydrogen-bond donors (Lipinski definition) is 1. The van der Waals surface area contributed by atoms with Gasteiger partial charge in [0.15, 0.2) is 0 Å². The fourth-order valence-electron chi connectivity index (χ4n) is 1.24. The van der Waals surface area contributed by atoms with Crippen LogP contribution >= 0.6 is 0 Å². The maximum atomic E-state index is 3.30. The quantitative estimate of drug-likeness (QED) is 0.639. The standard InChI is InChI=1S/C8H9N.C4H10.2C2H6/c1-2-4-8-7(3-1)5-6-9-8;1-4(2)3;2*1-2/h1-4,9H,5-6H2;4H,1-3H3;2*1-2H3. The van der Waals surface area contributed by atoms with Gasteiger partial charge in [0.2, 0.25) is 0 Å². The lowest BCUT2D eigenvalue weighted by molar-refractivity contribution is 0.737. The molecule has 1 nitrogen and oxygen atoms in total. The van der Waals surface area contributed by atoms with E-state index in [1.165, 1.54) is 17.7 Å². The predicted molar refractivity (Wildman–Crippen MR) is 81.8 cm³/mol. The first kappa shape index (κ1) is 18.4. The molecule has 0 unspecified atom stereocenters. The van der Waals surface area contributed by atoms with Gasteiger partial charge in [0, 0.05) is 12.2 Å². The van der Waals surface area contributed by atoms with Crippen LogP contribution in [0.25, 0.3) is 0 Å². The van der Waals surface area contributed by atoms with Gasteiger partial charge in [0.1, 0.15) is 0 Å². The molecular formula is C16H31N. The van der Waals surface area contributed by atoms with Crippen molar-refractivity contribution < 1.29 is 0 Å². The van der Waals surface area contributed by atoms with E-state index in [9.17, 15) is 0 Å². The number of rotatable bonds is 0. The third-order valence-corrected chi connectivity index (χ3v) is 1.73. The largest absolute Gasteiger partial charge is 0.384 e. The lowest BCUT2D eigenvalue weighted by atomic mass is 10.2. The zero-order chi connectivity index (χ0) is 13.7. The summed E-state index contributed by atoms with van der Waals surface area (Å²) in [4.78, 5) is 0. The van der Waals surface area contributed by atoms with E-state index in [-0.39, 0.29) is 0 Å². The van der Waals surface area contributed by atoms with Crippen LogP contribution < -0.4 is 5.32 Å². The Morgan fingerprint density at radius 2 is 1.41 bits per heavy atom. The van der Waals surface area contributed by atoms with Gasteiger partial charge in [-0.05, 0) is 24.0 Å². The summed E-state index contributed by atoms with van der Waals surface area (Å²) in [6.45, 7) is 15.6. The number of benzene rings is 1. The van der Waals surface area contributed by atoms with E-state index in [4.69, 9.17) is 0 Å². The van der Waals surface area contributed by atoms with E-state index in [1.807, 2.05) is 27.7 Å². The van der Waals surface area contributed by atoms with Gasteiger partial charge >= 0.3 is 0 Å². The molecular weight excluding hydrogens is 206 g/mol. The molecule has 0 saturated heterocycles. The van der Waals surface area contributed by atoms with Gasteiger partial charge in [-0.15, -0.1) is 0 Å². The summed E-state index contributed by atoms with van der Waals surface area (Å²) in [6.07, 6.45) is 1.19. The monoisotopic (exact) mass is 237 g/mol. The van der Waals surface area contributed by atoms with Gasteiger partial charge in [-0.3, -0.25) is 0 Å². The molecule has 0 bridgehead atoms. The number of fused-ring (bicyclic) bond motifs is 1. The van der Waals surface area contributed by atoms with E-state index in [0.717, 1.165) is 12.5 Å². The minimum atomic E-state index is 0.833. The second-order valence-electron chi connectivity index (χ2n) is 4.07. The van der Waals surface area contributed by atoms with Crippen LogP contribution in [0.15, 0.2) is 24.3 Å². The molecule has 2 rings (SSSR count). The van der Waals surface area contributed by atoms with E-state index < -0.39 is 0 Å². The highest BCUT2D eigenvalue weighted by Gasteiger charge is 2.05. The molecule has 17 heavy (non-hydrogen) atoms. The minimum Gasteiger partial charge on any atom is -0.384 e. The summed E-state index contributed by atoms with van der Waals surface area (Å²) in [5, 5.41) is 3.30. The van der Waals surface area contributed by atoms with Crippen LogP contribution in [0.2, 0.25) is 0 Å². The molecule has 1 aliphatic heterocycles. The molecule has 0 aromatic heterocycles. The summed E-state index contributed by atoms with van der Waals surface area (Å²) in [5.74, 6) is 0.833. The SMILES string of the molecule is CC.CC.CC(C)C.c1ccc2c(c1)CCN2. The molecule has 1 aromatic rings. The van der Waals surface area contributed by atoms with Gasteiger partial charge in [0.25, 0.3) is 0 Å². The molecule has 0 amide bonds. The van der Waals surface area contributed by atoms with E-state index in [2.05, 4.69) is 50.4 Å². The topological polar surface area (TPSA) is 12.0 Å². The van der Waals surface area contributed by atoms with Crippen molar-refractivity contribution in [3.05, 3.63) is 29.8 Å². The maximum Gasteiger partial charge on any atom is 0.0373 e. The van der Waals surface area contributed by atoms with Crippen molar-refractivity contribution >= 4 is 5.69 Å². The highest BCUT2D eigenvalue weighted by molar-refractivity contribution is 5.54. The Kier molecular flexibility index (Phi) is 14.2. The third kappa shape index (κ3) is 9.92. The summed E-state index contributed by atoms with van der Waals surface area (Å²) in [6, 6.07) is 8.46. The Morgan fingerprint density at radius 3 is 1.88 bits per heavy atom. The lowest BCUT2D eigenvalue weighted by Gasteiger charge is -1.94. The summed E-state index contributed by atoms with van der Waals surface area (Å²) in [7, 11) is 0. The van der Waals surface area contributed by atoms with Gasteiger partial charge < -0.3 is 5.32 Å². The predicted octanol–water partition coefficient (Wildman–Crippen LogP) is 5.37. The van der Waals surface area contributed by atoms with Gasteiger partial charge in [-0.2, -0.15) is 0 Å². The van der Waals surface area contributed by atoms with E-state index in [0.29, 0.717) is 0 Å². The van der Waals surface area contributed by atoms with Crippen molar-refractivity contribution in [1.82, 2.24) is 0 Å². The van der Waals surface area contributed by atoms with Crippen LogP contribution in [-0.2, 0) is 6.42 Å². The summed E-state index contributed by atoms with van der Waals surface area (Å²) >= 11 is 0. The number of nitrogens with one attached hydrogen (secondary N) is 1. The van der Waals surface area contributed by atoms with Crippen molar-refractivity contribution in [2.45, 2.75) is 54.9 Å². The zero-order valence-electron chi connectivity index (χ0n) is 12.8. The number of anilines is 1. The van der Waals surface area contributed by atoms with Crippen LogP contribution in [-0.4, -0.2) is 6.54 Å². The minimum absolute atomic E-state index is 0.833. The fourth-order valence-corrected chi connectivity index (χ4v) is 1.24. The Labute approximate surface area is 109 Å². The number of hydrogen-bond acceptors (Lipinski definition) is 1. The first-order valence-corrected chi connectivity index (χ1v) is 7.02. The Balaban J connectivity index is 0. The molecule has 0 saturated carbocycles. The lowest BCUT2D eigenvalue weighted by Crippen LogP contribution is -1.90. The first-order valence-electron chi connectivity index (χ1n) is 7.02. The third-order valence-electron chi connectivity index (χ3n) is 1.73. The van der Waals surface area contributed by atoms with E-state index >= 15 is 0 Å². The fraction of sp³-hybridized carbons (Fsp3) is 0.625. The van der Waals surface area contributed by atoms with Crippen LogP contribution in [0.5, 0.6) is 0 Å². The molecule has 0 atom stereocenters. The summed E-state index contributed by atoms with van der Waals surface area (Å²) in [5.41, 5.74) is 2.77. The molecule has 1 heteroatoms. The van der Waals surface area contributed by atoms with Crippen molar-refractivity contribution in [1.29, 1.82) is 0 Å². The first-order chi connectivity index (χ1) is 8.20. The van der Waals surface area contributed by atoms with Crippen molar-refractivity contribution in [3.63, 3.8) is 0 Å². The molecule has 1 aliphatic rings. The van der Waals surface area contributed by atoms with Gasteiger partial charge in [0.05, 0.1) is 0 Å². The molecule has 1 aromatic carbocycles. The molecule has 100 valence electrons. The van der Waals surface area contributed by atoms with Crippen molar-refractivity contribution in [2.24, 2.45) is 5.92 Å². The van der Waals surface area contributed by atoms with Crippen LogP contribution in [0.4, 0.5) is 5.69 Å². The average molecular weight is 237 g/mol. The van der Waals surface area contributed by atoms with E-state index in [1.54, 1.807) is 0 Å². The second-order valence-corrected chi connectivity index (χ2v) is 4.07. The second kappa shape index (κ2) is 13.1. The molecule has 1 heterocycles. The average Bonchev–Trinajstić information content (AvgIpc) is 2.81. The smallest absolute Gasteiger partial charge is 0.0373 e. The normalized spacial score (nSPS) is 10.6. The Hall–Kier alpha value is -0.980. The van der Waals surface area contributed by atoms with Gasteiger partial charge in [-0.25, -0.2) is 0 Å². The van der Waals surface area contributed by atoms with Crippen molar-refractivity contribution in [2.75, 3.05) is 11.9 Å². The maximum absolute atomic E-state index is 3.30. The molecule has 0 radical (unpaired) electrons. The Bertz CT molecular complexity index is 228. The molecule has 0 spiro atoms. The van der Waals surface area contributed by atoms with Crippen LogP contribution in [0.3, 0.4) is 0 Å². The zero-order valence-corrected chi connectivity index (χ0v) is 12.8. The molecule has 0 fully saturated rings. The van der Waals surface area contributed by atoms with Gasteiger partial charge in [-0.1, -0.05) is 66.7 Å². The van der Waals surface area contributed by atoms with Crippen LogP contribution in [0, 0.1) is 5.92 Å². The highest BCUT2D eigenvalue weighted by Crippen LogP contribution is 2.19. The number of para-hydroxylation sites is 1.